The molecule has 2 rings (SSSR count). The zero-order chi connectivity index (χ0) is 15.6. The molecule has 1 saturated heterocycles. The summed E-state index contributed by atoms with van der Waals surface area (Å²) in [6, 6.07) is 5.83. The summed E-state index contributed by atoms with van der Waals surface area (Å²) in [6.45, 7) is 1.71. The molecule has 1 fully saturated rings. The van der Waals surface area contributed by atoms with Gasteiger partial charge in [-0.25, -0.2) is 18.0 Å². The molecule has 0 bridgehead atoms. The summed E-state index contributed by atoms with van der Waals surface area (Å²) in [5.74, 6) is -1.27. The lowest BCUT2D eigenvalue weighted by molar-refractivity contribution is -0.147. The van der Waals surface area contributed by atoms with E-state index >= 15 is 0 Å². The van der Waals surface area contributed by atoms with E-state index in [1.54, 1.807) is 6.92 Å². The molecule has 1 heterocycles. The minimum atomic E-state index is -3.43. The Hall–Kier alpha value is -2.09. The van der Waals surface area contributed by atoms with Crippen molar-refractivity contribution in [2.75, 3.05) is 11.0 Å². The third kappa shape index (κ3) is 4.19. The molecule has 7 nitrogen and oxygen atoms in total. The van der Waals surface area contributed by atoms with Crippen LogP contribution in [0.2, 0.25) is 0 Å². The number of benzene rings is 1. The summed E-state index contributed by atoms with van der Waals surface area (Å²) in [6.07, 6.45) is 0.118. The molecule has 0 radical (unpaired) electrons. The summed E-state index contributed by atoms with van der Waals surface area (Å²) in [7, 11) is -3.43. The minimum Gasteiger partial charge on any atom is -0.460 e. The highest BCUT2D eigenvalue weighted by Gasteiger charge is 2.35. The molecular formula is C13H15NO6S. The van der Waals surface area contributed by atoms with E-state index in [4.69, 9.17) is 9.47 Å². The third-order valence-electron chi connectivity index (χ3n) is 2.78. The fraction of sp³-hybridized carbons (Fsp3) is 0.385. The van der Waals surface area contributed by atoms with Gasteiger partial charge in [-0.15, -0.1) is 0 Å². The second-order valence-electron chi connectivity index (χ2n) is 4.83. The van der Waals surface area contributed by atoms with Gasteiger partial charge in [0.05, 0.1) is 11.8 Å². The van der Waals surface area contributed by atoms with Crippen LogP contribution in [-0.2, 0) is 24.3 Å². The minimum absolute atomic E-state index is 0.149. The first kappa shape index (κ1) is 15.3. The van der Waals surface area contributed by atoms with Crippen LogP contribution in [0.4, 0.5) is 5.69 Å². The van der Waals surface area contributed by atoms with Crippen molar-refractivity contribution in [3.8, 4) is 0 Å². The van der Waals surface area contributed by atoms with Gasteiger partial charge < -0.3 is 9.47 Å². The number of sulfonamides is 1. The molecule has 0 aromatic heterocycles. The number of nitrogens with one attached hydrogen (secondary N) is 1. The Kier molecular flexibility index (Phi) is 4.17. The number of anilines is 1. The van der Waals surface area contributed by atoms with E-state index in [1.165, 1.54) is 24.3 Å². The average Bonchev–Trinajstić information content (AvgIpc) is 2.66. The number of hydrogen-bond acceptors (Lipinski definition) is 6. The summed E-state index contributed by atoms with van der Waals surface area (Å²) in [4.78, 5) is 23.4. The first-order chi connectivity index (χ1) is 9.74. The normalized spacial score (nSPS) is 21.7. The summed E-state index contributed by atoms with van der Waals surface area (Å²) in [5, 5.41) is 0. The van der Waals surface area contributed by atoms with Crippen molar-refractivity contribution in [1.82, 2.24) is 0 Å². The van der Waals surface area contributed by atoms with Crippen LogP contribution in [0.25, 0.3) is 0 Å². The molecule has 1 aromatic rings. The van der Waals surface area contributed by atoms with Gasteiger partial charge >= 0.3 is 11.9 Å². The smallest absolute Gasteiger partial charge is 0.347 e. The number of ether oxygens (including phenoxy) is 2. The fourth-order valence-electron chi connectivity index (χ4n) is 1.94. The largest absolute Gasteiger partial charge is 0.460 e. The number of rotatable bonds is 4. The van der Waals surface area contributed by atoms with Gasteiger partial charge in [-0.1, -0.05) is 6.07 Å². The maximum Gasteiger partial charge on any atom is 0.347 e. The molecular weight excluding hydrogens is 298 g/mol. The monoisotopic (exact) mass is 313 g/mol. The van der Waals surface area contributed by atoms with Gasteiger partial charge in [0.25, 0.3) is 0 Å². The predicted octanol–water partition coefficient (Wildman–Crippen LogP) is 0.919. The molecule has 8 heteroatoms. The molecule has 114 valence electrons. The highest BCUT2D eigenvalue weighted by molar-refractivity contribution is 7.92. The van der Waals surface area contributed by atoms with Crippen LogP contribution in [0.15, 0.2) is 24.3 Å². The Morgan fingerprint density at radius 3 is 2.71 bits per heavy atom. The number of hydrogen-bond donors (Lipinski definition) is 1. The Morgan fingerprint density at radius 2 is 2.14 bits per heavy atom. The molecule has 21 heavy (non-hydrogen) atoms. The molecule has 0 unspecified atom stereocenters. The molecule has 1 aliphatic rings. The van der Waals surface area contributed by atoms with Crippen LogP contribution < -0.4 is 4.72 Å². The van der Waals surface area contributed by atoms with Crippen LogP contribution in [0, 0.1) is 0 Å². The summed E-state index contributed by atoms with van der Waals surface area (Å²) in [5.41, 5.74) is 0.394. The van der Waals surface area contributed by atoms with Crippen LogP contribution in [-0.4, -0.2) is 38.8 Å². The Bertz CT molecular complexity index is 669. The van der Waals surface area contributed by atoms with Crippen molar-refractivity contribution in [2.24, 2.45) is 0 Å². The van der Waals surface area contributed by atoms with E-state index in [2.05, 4.69) is 4.72 Å². The van der Waals surface area contributed by atoms with E-state index < -0.39 is 28.1 Å². The second-order valence-corrected chi connectivity index (χ2v) is 6.58. The van der Waals surface area contributed by atoms with Gasteiger partial charge in [0.1, 0.15) is 6.10 Å². The van der Waals surface area contributed by atoms with Crippen molar-refractivity contribution >= 4 is 27.6 Å². The highest BCUT2D eigenvalue weighted by Crippen LogP contribution is 2.20. The van der Waals surface area contributed by atoms with Crippen molar-refractivity contribution in [3.05, 3.63) is 29.8 Å². The second kappa shape index (κ2) is 5.72. The highest BCUT2D eigenvalue weighted by atomic mass is 32.2. The van der Waals surface area contributed by atoms with Gasteiger partial charge in [-0.2, -0.15) is 0 Å². The van der Waals surface area contributed by atoms with Gasteiger partial charge in [-0.05, 0) is 25.1 Å². The Balaban J connectivity index is 2.09. The molecule has 1 aromatic carbocycles. The zero-order valence-corrected chi connectivity index (χ0v) is 12.3. The first-order valence-electron chi connectivity index (χ1n) is 6.24. The quantitative estimate of drug-likeness (QED) is 0.830. The first-order valence-corrected chi connectivity index (χ1v) is 8.13. The van der Waals surface area contributed by atoms with Crippen molar-refractivity contribution in [1.29, 1.82) is 0 Å². The van der Waals surface area contributed by atoms with E-state index in [0.29, 0.717) is 6.42 Å². The van der Waals surface area contributed by atoms with Crippen molar-refractivity contribution < 1.29 is 27.5 Å². The standard InChI is InChI=1S/C13H15NO6S/c1-8-6-11(13(16)19-8)20-12(15)9-4-3-5-10(7-9)14-21(2,17)18/h3-5,7-8,11,14H,6H2,1-2H3/t8-,11+/m1/s1. The van der Waals surface area contributed by atoms with Crippen LogP contribution >= 0.6 is 0 Å². The van der Waals surface area contributed by atoms with Crippen LogP contribution in [0.1, 0.15) is 23.7 Å². The molecule has 0 aliphatic carbocycles. The van der Waals surface area contributed by atoms with Gasteiger partial charge in [0.2, 0.25) is 16.1 Å². The molecule has 2 atom stereocenters. The van der Waals surface area contributed by atoms with Crippen LogP contribution in [0.5, 0.6) is 0 Å². The molecule has 1 aliphatic heterocycles. The molecule has 1 N–H and O–H groups in total. The summed E-state index contributed by atoms with van der Waals surface area (Å²) < 4.78 is 34.5. The van der Waals surface area contributed by atoms with E-state index in [1.807, 2.05) is 0 Å². The van der Waals surface area contributed by atoms with Crippen molar-refractivity contribution in [3.63, 3.8) is 0 Å². The van der Waals surface area contributed by atoms with Gasteiger partial charge in [0, 0.05) is 12.1 Å². The topological polar surface area (TPSA) is 98.8 Å². The van der Waals surface area contributed by atoms with E-state index in [0.717, 1.165) is 6.26 Å². The molecule has 0 amide bonds. The van der Waals surface area contributed by atoms with Crippen molar-refractivity contribution in [2.45, 2.75) is 25.6 Å². The Morgan fingerprint density at radius 1 is 1.43 bits per heavy atom. The number of carbonyl (C=O) groups excluding carboxylic acids is 2. The van der Waals surface area contributed by atoms with Crippen LogP contribution in [0.3, 0.4) is 0 Å². The zero-order valence-electron chi connectivity index (χ0n) is 11.5. The van der Waals surface area contributed by atoms with E-state index in [9.17, 15) is 18.0 Å². The van der Waals surface area contributed by atoms with Gasteiger partial charge in [-0.3, -0.25) is 4.72 Å². The SMILES string of the molecule is C[C@@H]1C[C@H](OC(=O)c2cccc(NS(C)(=O)=O)c2)C(=O)O1. The fourth-order valence-corrected chi connectivity index (χ4v) is 2.49. The lowest BCUT2D eigenvalue weighted by Crippen LogP contribution is -2.22. The Labute approximate surface area is 122 Å². The number of carbonyl (C=O) groups is 2. The summed E-state index contributed by atoms with van der Waals surface area (Å²) >= 11 is 0. The lowest BCUT2D eigenvalue weighted by Gasteiger charge is -2.09. The average molecular weight is 313 g/mol. The number of esters is 2. The molecule has 0 spiro atoms. The molecule has 0 saturated carbocycles. The maximum absolute atomic E-state index is 12.0. The third-order valence-corrected chi connectivity index (χ3v) is 3.38. The number of cyclic esters (lactones) is 1. The predicted molar refractivity (Wildman–Crippen MR) is 74.3 cm³/mol. The maximum atomic E-state index is 12.0. The van der Waals surface area contributed by atoms with E-state index in [-0.39, 0.29) is 17.4 Å². The lowest BCUT2D eigenvalue weighted by atomic mass is 10.2. The van der Waals surface area contributed by atoms with Gasteiger partial charge in [0.15, 0.2) is 0 Å².